The summed E-state index contributed by atoms with van der Waals surface area (Å²) in [6.07, 6.45) is 1.08. The lowest BCUT2D eigenvalue weighted by Crippen LogP contribution is -2.24. The molecule has 0 aliphatic heterocycles. The molecule has 0 saturated heterocycles. The number of halogens is 2. The molecule has 0 aliphatic rings. The van der Waals surface area contributed by atoms with Gasteiger partial charge >= 0.3 is 0 Å². The van der Waals surface area contributed by atoms with Crippen LogP contribution in [0.2, 0.25) is 10.0 Å². The highest BCUT2D eigenvalue weighted by atomic mass is 35.5. The first kappa shape index (κ1) is 14.6. The quantitative estimate of drug-likeness (QED) is 0.837. The van der Waals surface area contributed by atoms with Crippen LogP contribution in [-0.2, 0) is 6.54 Å². The van der Waals surface area contributed by atoms with Crippen molar-refractivity contribution in [2.75, 3.05) is 6.61 Å². The largest absolute Gasteiger partial charge is 0.492 e. The molecule has 96 valence electrons. The lowest BCUT2D eigenvalue weighted by atomic mass is 10.1. The molecular weight excluding hydrogens is 257 g/mol. The van der Waals surface area contributed by atoms with E-state index in [1.807, 2.05) is 13.0 Å². The second kappa shape index (κ2) is 7.10. The normalized spacial score (nSPS) is 12.5. The van der Waals surface area contributed by atoms with Crippen molar-refractivity contribution in [1.82, 2.24) is 5.32 Å². The second-order valence-electron chi connectivity index (χ2n) is 4.00. The first-order valence-electron chi connectivity index (χ1n) is 5.92. The fourth-order valence-corrected chi connectivity index (χ4v) is 2.07. The lowest BCUT2D eigenvalue weighted by molar-refractivity contribution is 0.335. The third-order valence-electron chi connectivity index (χ3n) is 2.63. The van der Waals surface area contributed by atoms with Crippen LogP contribution in [0.15, 0.2) is 12.1 Å². The Balaban J connectivity index is 2.87. The minimum Gasteiger partial charge on any atom is -0.492 e. The van der Waals surface area contributed by atoms with Gasteiger partial charge in [-0.2, -0.15) is 0 Å². The highest BCUT2D eigenvalue weighted by Crippen LogP contribution is 2.32. The van der Waals surface area contributed by atoms with Crippen LogP contribution in [0.25, 0.3) is 0 Å². The third-order valence-corrected chi connectivity index (χ3v) is 3.13. The van der Waals surface area contributed by atoms with Crippen LogP contribution in [0, 0.1) is 0 Å². The summed E-state index contributed by atoms with van der Waals surface area (Å²) >= 11 is 12.1. The summed E-state index contributed by atoms with van der Waals surface area (Å²) in [7, 11) is 0. The Morgan fingerprint density at radius 1 is 1.29 bits per heavy atom. The molecule has 0 saturated carbocycles. The van der Waals surface area contributed by atoms with Crippen LogP contribution in [0.3, 0.4) is 0 Å². The molecule has 0 radical (unpaired) electrons. The van der Waals surface area contributed by atoms with E-state index in [9.17, 15) is 0 Å². The highest BCUT2D eigenvalue weighted by molar-refractivity contribution is 6.35. The maximum atomic E-state index is 6.13. The maximum absolute atomic E-state index is 6.13. The molecule has 2 nitrogen and oxygen atoms in total. The van der Waals surface area contributed by atoms with E-state index in [2.05, 4.69) is 19.2 Å². The molecule has 0 heterocycles. The van der Waals surface area contributed by atoms with Crippen molar-refractivity contribution in [3.8, 4) is 5.75 Å². The molecule has 1 atom stereocenters. The summed E-state index contributed by atoms with van der Waals surface area (Å²) in [5.74, 6) is 0.731. The van der Waals surface area contributed by atoms with E-state index < -0.39 is 0 Å². The standard InChI is InChI=1S/C13H19Cl2NO/c1-4-9(3)16-8-10-6-11(14)7-12(15)13(10)17-5-2/h6-7,9,16H,4-5,8H2,1-3H3/t9-/m0/s1. The van der Waals surface area contributed by atoms with Gasteiger partial charge in [0.05, 0.1) is 11.6 Å². The van der Waals surface area contributed by atoms with Gasteiger partial charge in [0.1, 0.15) is 5.75 Å². The first-order chi connectivity index (χ1) is 8.08. The summed E-state index contributed by atoms with van der Waals surface area (Å²) in [5, 5.41) is 4.61. The van der Waals surface area contributed by atoms with E-state index in [0.717, 1.165) is 17.7 Å². The zero-order valence-corrected chi connectivity index (χ0v) is 12.0. The SMILES string of the molecule is CCOc1c(Cl)cc(Cl)cc1CN[C@@H](C)CC. The highest BCUT2D eigenvalue weighted by Gasteiger charge is 2.11. The number of rotatable bonds is 6. The van der Waals surface area contributed by atoms with Gasteiger partial charge in [-0.3, -0.25) is 0 Å². The Bertz CT molecular complexity index is 369. The van der Waals surface area contributed by atoms with Crippen LogP contribution in [0.5, 0.6) is 5.75 Å². The first-order valence-corrected chi connectivity index (χ1v) is 6.68. The summed E-state index contributed by atoms with van der Waals surface area (Å²) in [4.78, 5) is 0. The minimum atomic E-state index is 0.460. The van der Waals surface area contributed by atoms with Gasteiger partial charge in [-0.15, -0.1) is 0 Å². The van der Waals surface area contributed by atoms with E-state index in [1.54, 1.807) is 6.07 Å². The van der Waals surface area contributed by atoms with Crippen molar-refractivity contribution in [2.45, 2.75) is 39.8 Å². The second-order valence-corrected chi connectivity index (χ2v) is 4.84. The molecule has 0 aromatic heterocycles. The van der Waals surface area contributed by atoms with Crippen molar-refractivity contribution < 1.29 is 4.74 Å². The molecule has 1 N–H and O–H groups in total. The van der Waals surface area contributed by atoms with Gasteiger partial charge in [-0.05, 0) is 32.4 Å². The number of benzene rings is 1. The molecular formula is C13H19Cl2NO. The maximum Gasteiger partial charge on any atom is 0.142 e. The van der Waals surface area contributed by atoms with Gasteiger partial charge in [0, 0.05) is 23.2 Å². The van der Waals surface area contributed by atoms with Crippen LogP contribution in [0.1, 0.15) is 32.8 Å². The molecule has 0 unspecified atom stereocenters. The molecule has 0 spiro atoms. The third kappa shape index (κ3) is 4.38. The zero-order chi connectivity index (χ0) is 12.8. The van der Waals surface area contributed by atoms with E-state index >= 15 is 0 Å². The van der Waals surface area contributed by atoms with Gasteiger partial charge in [-0.25, -0.2) is 0 Å². The lowest BCUT2D eigenvalue weighted by Gasteiger charge is -2.16. The number of hydrogen-bond acceptors (Lipinski definition) is 2. The Morgan fingerprint density at radius 3 is 2.59 bits per heavy atom. The molecule has 0 aliphatic carbocycles. The van der Waals surface area contributed by atoms with E-state index in [-0.39, 0.29) is 0 Å². The monoisotopic (exact) mass is 275 g/mol. The minimum absolute atomic E-state index is 0.460. The fraction of sp³-hybridized carbons (Fsp3) is 0.538. The van der Waals surface area contributed by atoms with Crippen molar-refractivity contribution in [1.29, 1.82) is 0 Å². The number of nitrogens with one attached hydrogen (secondary N) is 1. The van der Waals surface area contributed by atoms with Crippen LogP contribution < -0.4 is 10.1 Å². The molecule has 0 fully saturated rings. The van der Waals surface area contributed by atoms with E-state index in [4.69, 9.17) is 27.9 Å². The van der Waals surface area contributed by atoms with Crippen molar-refractivity contribution in [3.63, 3.8) is 0 Å². The van der Waals surface area contributed by atoms with Gasteiger partial charge in [0.25, 0.3) is 0 Å². The summed E-state index contributed by atoms with van der Waals surface area (Å²) in [6, 6.07) is 4.07. The molecule has 0 bridgehead atoms. The molecule has 17 heavy (non-hydrogen) atoms. The molecule has 1 aromatic rings. The smallest absolute Gasteiger partial charge is 0.142 e. The van der Waals surface area contributed by atoms with Crippen molar-refractivity contribution in [2.24, 2.45) is 0 Å². The Morgan fingerprint density at radius 2 is 2.00 bits per heavy atom. The summed E-state index contributed by atoms with van der Waals surface area (Å²) in [5.41, 5.74) is 1.00. The van der Waals surface area contributed by atoms with Crippen LogP contribution in [0.4, 0.5) is 0 Å². The van der Waals surface area contributed by atoms with E-state index in [0.29, 0.717) is 29.2 Å². The topological polar surface area (TPSA) is 21.3 Å². The predicted octanol–water partition coefficient (Wildman–Crippen LogP) is 4.28. The van der Waals surface area contributed by atoms with E-state index in [1.165, 1.54) is 0 Å². The fourth-order valence-electron chi connectivity index (χ4n) is 1.48. The average molecular weight is 276 g/mol. The summed E-state index contributed by atoms with van der Waals surface area (Å²) in [6.45, 7) is 7.54. The molecule has 4 heteroatoms. The van der Waals surface area contributed by atoms with Crippen molar-refractivity contribution in [3.05, 3.63) is 27.7 Å². The van der Waals surface area contributed by atoms with Crippen molar-refractivity contribution >= 4 is 23.2 Å². The van der Waals surface area contributed by atoms with Crippen LogP contribution in [-0.4, -0.2) is 12.6 Å². The van der Waals surface area contributed by atoms with Gasteiger partial charge < -0.3 is 10.1 Å². The zero-order valence-electron chi connectivity index (χ0n) is 10.5. The molecule has 1 rings (SSSR count). The Hall–Kier alpha value is -0.440. The van der Waals surface area contributed by atoms with Gasteiger partial charge in [-0.1, -0.05) is 30.1 Å². The van der Waals surface area contributed by atoms with Crippen LogP contribution >= 0.6 is 23.2 Å². The Labute approximate surface area is 113 Å². The van der Waals surface area contributed by atoms with Gasteiger partial charge in [0.15, 0.2) is 0 Å². The predicted molar refractivity (Wildman–Crippen MR) is 74.2 cm³/mol. The molecule has 0 amide bonds. The number of hydrogen-bond donors (Lipinski definition) is 1. The average Bonchev–Trinajstić information content (AvgIpc) is 2.29. The number of ether oxygens (including phenoxy) is 1. The Kier molecular flexibility index (Phi) is 6.10. The molecule has 1 aromatic carbocycles. The summed E-state index contributed by atoms with van der Waals surface area (Å²) < 4.78 is 5.56. The van der Waals surface area contributed by atoms with Gasteiger partial charge in [0.2, 0.25) is 0 Å².